The Morgan fingerprint density at radius 1 is 0.407 bits per heavy atom. The van der Waals surface area contributed by atoms with E-state index in [1.165, 1.54) is 86.2 Å². The van der Waals surface area contributed by atoms with Gasteiger partial charge < -0.3 is 37.2 Å². The number of hydrogen-bond acceptors (Lipinski definition) is 0. The van der Waals surface area contributed by atoms with E-state index in [0.717, 1.165) is 0 Å². The molecular formula is C54H57Cl3SiTi. The summed E-state index contributed by atoms with van der Waals surface area (Å²) < 4.78 is 1.49. The van der Waals surface area contributed by atoms with E-state index in [-0.39, 0.29) is 42.3 Å². The van der Waals surface area contributed by atoms with Crippen LogP contribution in [0.15, 0.2) is 166 Å². The van der Waals surface area contributed by atoms with Gasteiger partial charge in [-0.25, -0.2) is 0 Å². The predicted molar refractivity (Wildman–Crippen MR) is 242 cm³/mol. The molecule has 0 N–H and O–H groups in total. The van der Waals surface area contributed by atoms with Gasteiger partial charge in [-0.05, 0) is 0 Å². The molecule has 7 rings (SSSR count). The molecule has 0 radical (unpaired) electrons. The monoisotopic (exact) mass is 886 g/mol. The molecule has 0 amide bonds. The first-order valence-electron chi connectivity index (χ1n) is 20.5. The molecular weight excluding hydrogens is 831 g/mol. The number of halogens is 3. The van der Waals surface area contributed by atoms with Crippen molar-refractivity contribution in [3.63, 3.8) is 0 Å². The van der Waals surface area contributed by atoms with Gasteiger partial charge in [0.25, 0.3) is 0 Å². The van der Waals surface area contributed by atoms with Crippen molar-refractivity contribution in [3.8, 4) is 33.4 Å². The molecule has 1 atom stereocenters. The number of rotatable bonds is 10. The Kier molecular flexibility index (Phi) is 16.0. The number of hydrogen-bond donors (Lipinski definition) is 0. The molecule has 0 bridgehead atoms. The van der Waals surface area contributed by atoms with Gasteiger partial charge in [-0.2, -0.15) is 0 Å². The van der Waals surface area contributed by atoms with E-state index in [4.69, 9.17) is 0 Å². The first-order chi connectivity index (χ1) is 26.8. The molecule has 0 spiro atoms. The van der Waals surface area contributed by atoms with Crippen molar-refractivity contribution in [2.75, 3.05) is 0 Å². The van der Waals surface area contributed by atoms with Crippen LogP contribution in [0.3, 0.4) is 0 Å². The van der Waals surface area contributed by atoms with Gasteiger partial charge in [0.1, 0.15) is 0 Å². The fraction of sp³-hybridized carbons (Fsp3) is 0.259. The third-order valence-corrected chi connectivity index (χ3v) is 20.5. The average Bonchev–Trinajstić information content (AvgIpc) is 3.37. The molecule has 1 aliphatic carbocycles. The van der Waals surface area contributed by atoms with Gasteiger partial charge in [0, 0.05) is 0 Å². The molecule has 302 valence electrons. The van der Waals surface area contributed by atoms with Crippen molar-refractivity contribution < 1.29 is 57.7 Å². The van der Waals surface area contributed by atoms with Crippen molar-refractivity contribution in [2.45, 2.75) is 92.0 Å². The molecule has 0 nitrogen and oxygen atoms in total. The number of allylic oxidation sites excluding steroid dienone is 4. The van der Waals surface area contributed by atoms with E-state index < -0.39 is 8.07 Å². The van der Waals surface area contributed by atoms with Gasteiger partial charge in [-0.3, -0.25) is 0 Å². The van der Waals surface area contributed by atoms with Crippen molar-refractivity contribution in [1.29, 1.82) is 0 Å². The van der Waals surface area contributed by atoms with E-state index >= 15 is 0 Å². The van der Waals surface area contributed by atoms with Crippen LogP contribution in [0.1, 0.15) is 104 Å². The standard InChI is InChI=1S/C54H57Si.3ClH.Ti/c1-36(2)42-20-26-45(27-21-42)48-14-11-17-51(32-48)55(54(10)35-39(7)40(8)41(54)9,52-18-12-15-49(33-52)46-28-22-43(23-29-46)37(3)4)53-19-13-16-50(34-53)47-30-24-44(25-31-47)38(5)6;;;;/h11-34,36-38H,1-10H3;3*1H;/q;;;;+3/p-3. The summed E-state index contributed by atoms with van der Waals surface area (Å²) in [4.78, 5) is 0. The molecule has 0 heterocycles. The van der Waals surface area contributed by atoms with Crippen LogP contribution in [0.25, 0.3) is 33.4 Å². The Labute approximate surface area is 386 Å². The first kappa shape index (κ1) is 48.3. The third kappa shape index (κ3) is 8.72. The second kappa shape index (κ2) is 19.5. The molecule has 1 unspecified atom stereocenters. The molecule has 0 saturated heterocycles. The fourth-order valence-corrected chi connectivity index (χ4v) is 16.9. The van der Waals surface area contributed by atoms with Gasteiger partial charge in [0.15, 0.2) is 0 Å². The smallest absolute Gasteiger partial charge is 1.00 e. The maximum Gasteiger partial charge on any atom is -1.00 e. The van der Waals surface area contributed by atoms with Crippen molar-refractivity contribution in [3.05, 3.63) is 183 Å². The average molecular weight is 888 g/mol. The Morgan fingerprint density at radius 3 is 0.932 bits per heavy atom. The van der Waals surface area contributed by atoms with Gasteiger partial charge in [0.2, 0.25) is 0 Å². The van der Waals surface area contributed by atoms with Gasteiger partial charge >= 0.3 is 352 Å². The summed E-state index contributed by atoms with van der Waals surface area (Å²) in [5, 5.41) is 4.07. The summed E-state index contributed by atoms with van der Waals surface area (Å²) in [6, 6.07) is 56.7. The van der Waals surface area contributed by atoms with Crippen LogP contribution in [0, 0.1) is 0 Å². The molecule has 0 aliphatic heterocycles. The van der Waals surface area contributed by atoms with E-state index in [1.807, 2.05) is 0 Å². The van der Waals surface area contributed by atoms with E-state index in [9.17, 15) is 0 Å². The van der Waals surface area contributed by atoms with Crippen LogP contribution in [0.5, 0.6) is 0 Å². The van der Waals surface area contributed by atoms with E-state index in [0.29, 0.717) is 17.8 Å². The van der Waals surface area contributed by atoms with Crippen molar-refractivity contribution >= 4 is 23.6 Å². The third-order valence-electron chi connectivity index (χ3n) is 13.1. The summed E-state index contributed by atoms with van der Waals surface area (Å²) >= 11 is 2.43. The SMILES string of the molecule is CC1=C(C)C(C)([Si](c2cccc(-c3ccc(C(C)C)cc3)c2)(c2cccc(-c3ccc(C(C)C)cc3)c2)c2cccc(-c3ccc(C(C)C)cc3)c2)[C]([Ti+3])=C1C.[Cl-].[Cl-].[Cl-]. The Morgan fingerprint density at radius 2 is 0.695 bits per heavy atom. The molecule has 59 heavy (non-hydrogen) atoms. The van der Waals surface area contributed by atoms with Gasteiger partial charge in [-0.1, -0.05) is 0 Å². The minimum absolute atomic E-state index is 0. The molecule has 6 aromatic rings. The topological polar surface area (TPSA) is 0 Å². The van der Waals surface area contributed by atoms with Crippen LogP contribution in [0.2, 0.25) is 5.04 Å². The van der Waals surface area contributed by atoms with Crippen molar-refractivity contribution in [1.82, 2.24) is 0 Å². The first-order valence-corrected chi connectivity index (χ1v) is 23.3. The molecule has 0 saturated carbocycles. The summed E-state index contributed by atoms with van der Waals surface area (Å²) in [7, 11) is -3.02. The summed E-state index contributed by atoms with van der Waals surface area (Å²) in [6.45, 7) is 23.3. The Balaban J connectivity index is 0.00000256. The van der Waals surface area contributed by atoms with Gasteiger partial charge in [0.05, 0.1) is 0 Å². The second-order valence-corrected chi connectivity index (χ2v) is 22.2. The van der Waals surface area contributed by atoms with E-state index in [1.54, 1.807) is 0 Å². The van der Waals surface area contributed by atoms with Crippen LogP contribution in [-0.2, 0) is 20.4 Å². The molecule has 0 fully saturated rings. The summed E-state index contributed by atoms with van der Waals surface area (Å²) in [6.07, 6.45) is 0. The molecule has 0 aromatic heterocycles. The fourth-order valence-electron chi connectivity index (χ4n) is 9.22. The minimum atomic E-state index is -3.02. The number of benzene rings is 6. The normalized spacial score (nSPS) is 15.4. The molecule has 6 aromatic carbocycles. The summed E-state index contributed by atoms with van der Waals surface area (Å²) in [5.41, 5.74) is 16.1. The quantitative estimate of drug-likeness (QED) is 0.141. The zero-order valence-electron chi connectivity index (χ0n) is 36.2. The summed E-state index contributed by atoms with van der Waals surface area (Å²) in [5.74, 6) is 1.49. The second-order valence-electron chi connectivity index (χ2n) is 17.2. The molecule has 5 heteroatoms. The van der Waals surface area contributed by atoms with E-state index in [2.05, 4.69) is 235 Å². The van der Waals surface area contributed by atoms with Gasteiger partial charge in [-0.15, -0.1) is 0 Å². The maximum absolute atomic E-state index is 3.02. The molecule has 1 aliphatic rings. The van der Waals surface area contributed by atoms with Crippen LogP contribution >= 0.6 is 0 Å². The van der Waals surface area contributed by atoms with Crippen LogP contribution in [-0.4, -0.2) is 8.07 Å². The van der Waals surface area contributed by atoms with Crippen LogP contribution in [0.4, 0.5) is 0 Å². The minimum Gasteiger partial charge on any atom is -1.00 e. The zero-order chi connectivity index (χ0) is 39.9. The zero-order valence-corrected chi connectivity index (χ0v) is 41.1. The Bertz CT molecular complexity index is 2190. The van der Waals surface area contributed by atoms with Crippen molar-refractivity contribution in [2.24, 2.45) is 0 Å². The van der Waals surface area contributed by atoms with Crippen LogP contribution < -0.4 is 52.8 Å². The predicted octanol–water partition coefficient (Wildman–Crippen LogP) is 4.47. The maximum atomic E-state index is 2.59. The Hall–Kier alpha value is -3.40. The largest absolute Gasteiger partial charge is 1.00 e.